The topological polar surface area (TPSA) is 21.1 Å². The lowest BCUT2D eigenvalue weighted by Crippen LogP contribution is -2.28. The van der Waals surface area contributed by atoms with Crippen LogP contribution in [0.25, 0.3) is 0 Å². The molecular formula is C11H18BrN3. The maximum atomic E-state index is 4.57. The smallest absolute Gasteiger partial charge is 0.131 e. The van der Waals surface area contributed by atoms with Crippen LogP contribution in [0.5, 0.6) is 0 Å². The zero-order chi connectivity index (χ0) is 11.0. The van der Waals surface area contributed by atoms with Gasteiger partial charge in [-0.05, 0) is 35.3 Å². The normalized spacial score (nSPS) is 17.1. The number of rotatable bonds is 2. The third kappa shape index (κ3) is 2.26. The van der Waals surface area contributed by atoms with Gasteiger partial charge in [0.15, 0.2) is 0 Å². The SMILES string of the molecule is CC(C)Cn1nc(Br)c2c1CN(C)CC2. The van der Waals surface area contributed by atoms with E-state index in [-0.39, 0.29) is 0 Å². The van der Waals surface area contributed by atoms with Crippen LogP contribution in [-0.4, -0.2) is 28.3 Å². The molecule has 0 N–H and O–H groups in total. The van der Waals surface area contributed by atoms with Crippen molar-refractivity contribution < 1.29 is 0 Å². The van der Waals surface area contributed by atoms with Crippen LogP contribution in [-0.2, 0) is 19.5 Å². The molecule has 0 radical (unpaired) electrons. The Morgan fingerprint density at radius 1 is 1.47 bits per heavy atom. The molecule has 0 spiro atoms. The largest absolute Gasteiger partial charge is 0.300 e. The molecule has 0 unspecified atom stereocenters. The second-order valence-corrected chi connectivity index (χ2v) is 5.53. The lowest BCUT2D eigenvalue weighted by atomic mass is 10.1. The van der Waals surface area contributed by atoms with Gasteiger partial charge in [-0.2, -0.15) is 5.10 Å². The first-order valence-corrected chi connectivity index (χ1v) is 6.30. The maximum Gasteiger partial charge on any atom is 0.131 e. The van der Waals surface area contributed by atoms with Gasteiger partial charge < -0.3 is 4.90 Å². The first kappa shape index (κ1) is 11.1. The molecule has 0 amide bonds. The number of halogens is 1. The van der Waals surface area contributed by atoms with Crippen molar-refractivity contribution in [3.8, 4) is 0 Å². The van der Waals surface area contributed by atoms with E-state index in [2.05, 4.69) is 51.5 Å². The fraction of sp³-hybridized carbons (Fsp3) is 0.727. The third-order valence-electron chi connectivity index (χ3n) is 2.82. The Labute approximate surface area is 99.6 Å². The molecule has 0 fully saturated rings. The van der Waals surface area contributed by atoms with Crippen LogP contribution in [0.1, 0.15) is 25.1 Å². The number of fused-ring (bicyclic) bond motifs is 1. The zero-order valence-corrected chi connectivity index (χ0v) is 11.2. The molecule has 1 aromatic rings. The molecule has 0 aromatic carbocycles. The summed E-state index contributed by atoms with van der Waals surface area (Å²) in [6.45, 7) is 7.64. The van der Waals surface area contributed by atoms with Crippen LogP contribution < -0.4 is 0 Å². The summed E-state index contributed by atoms with van der Waals surface area (Å²) in [5, 5.41) is 4.57. The van der Waals surface area contributed by atoms with E-state index in [4.69, 9.17) is 0 Å². The van der Waals surface area contributed by atoms with Crippen molar-refractivity contribution >= 4 is 15.9 Å². The zero-order valence-electron chi connectivity index (χ0n) is 9.63. The molecule has 84 valence electrons. The summed E-state index contributed by atoms with van der Waals surface area (Å²) in [7, 11) is 2.17. The quantitative estimate of drug-likeness (QED) is 0.823. The van der Waals surface area contributed by atoms with Gasteiger partial charge in [-0.25, -0.2) is 0 Å². The highest BCUT2D eigenvalue weighted by Gasteiger charge is 2.22. The van der Waals surface area contributed by atoms with Crippen LogP contribution in [0.2, 0.25) is 0 Å². The van der Waals surface area contributed by atoms with E-state index >= 15 is 0 Å². The molecule has 3 nitrogen and oxygen atoms in total. The summed E-state index contributed by atoms with van der Waals surface area (Å²) in [6.07, 6.45) is 1.12. The van der Waals surface area contributed by atoms with Crippen molar-refractivity contribution in [2.24, 2.45) is 5.92 Å². The number of likely N-dealkylation sites (N-methyl/N-ethyl adjacent to an activating group) is 1. The monoisotopic (exact) mass is 271 g/mol. The second-order valence-electron chi connectivity index (χ2n) is 4.78. The molecule has 0 aliphatic carbocycles. The molecule has 1 aliphatic rings. The summed E-state index contributed by atoms with van der Waals surface area (Å²) < 4.78 is 3.21. The molecule has 0 bridgehead atoms. The Balaban J connectivity index is 2.32. The van der Waals surface area contributed by atoms with Gasteiger partial charge in [0.1, 0.15) is 4.60 Å². The molecule has 2 rings (SSSR count). The molecule has 1 aliphatic heterocycles. The van der Waals surface area contributed by atoms with E-state index < -0.39 is 0 Å². The Morgan fingerprint density at radius 2 is 2.20 bits per heavy atom. The van der Waals surface area contributed by atoms with E-state index in [1.165, 1.54) is 11.3 Å². The molecule has 0 atom stereocenters. The van der Waals surface area contributed by atoms with Crippen LogP contribution in [0.4, 0.5) is 0 Å². The van der Waals surface area contributed by atoms with Crippen LogP contribution in [0.15, 0.2) is 4.60 Å². The third-order valence-corrected chi connectivity index (χ3v) is 3.46. The highest BCUT2D eigenvalue weighted by molar-refractivity contribution is 9.10. The molecule has 1 aromatic heterocycles. The Morgan fingerprint density at radius 3 is 2.87 bits per heavy atom. The summed E-state index contributed by atoms with van der Waals surface area (Å²) in [5.74, 6) is 0.646. The van der Waals surface area contributed by atoms with E-state index in [1.807, 2.05) is 0 Å². The van der Waals surface area contributed by atoms with E-state index in [1.54, 1.807) is 0 Å². The van der Waals surface area contributed by atoms with Gasteiger partial charge in [-0.15, -0.1) is 0 Å². The van der Waals surface area contributed by atoms with Gasteiger partial charge >= 0.3 is 0 Å². The van der Waals surface area contributed by atoms with Crippen molar-refractivity contribution in [3.63, 3.8) is 0 Å². The van der Waals surface area contributed by atoms with Crippen molar-refractivity contribution in [1.82, 2.24) is 14.7 Å². The van der Waals surface area contributed by atoms with E-state index in [0.717, 1.165) is 30.7 Å². The lowest BCUT2D eigenvalue weighted by molar-refractivity contribution is 0.296. The minimum absolute atomic E-state index is 0.646. The van der Waals surface area contributed by atoms with Gasteiger partial charge in [0, 0.05) is 25.2 Å². The molecule has 2 heterocycles. The van der Waals surface area contributed by atoms with Crippen molar-refractivity contribution in [2.75, 3.05) is 13.6 Å². The predicted octanol–water partition coefficient (Wildman–Crippen LogP) is 2.29. The molecule has 0 saturated heterocycles. The Bertz CT molecular complexity index is 357. The maximum absolute atomic E-state index is 4.57. The first-order chi connectivity index (χ1) is 7.08. The number of hydrogen-bond donors (Lipinski definition) is 0. The van der Waals surface area contributed by atoms with Gasteiger partial charge in [-0.1, -0.05) is 13.8 Å². The minimum Gasteiger partial charge on any atom is -0.300 e. The lowest BCUT2D eigenvalue weighted by Gasteiger charge is -2.23. The minimum atomic E-state index is 0.646. The molecule has 4 heteroatoms. The summed E-state index contributed by atoms with van der Waals surface area (Å²) in [4.78, 5) is 2.35. The average Bonchev–Trinajstić information content (AvgIpc) is 2.42. The number of nitrogens with zero attached hydrogens (tertiary/aromatic N) is 3. The van der Waals surface area contributed by atoms with Gasteiger partial charge in [0.05, 0.1) is 5.69 Å². The molecule has 0 saturated carbocycles. The summed E-state index contributed by atoms with van der Waals surface area (Å²) >= 11 is 3.56. The van der Waals surface area contributed by atoms with E-state index in [0.29, 0.717) is 5.92 Å². The van der Waals surface area contributed by atoms with Gasteiger partial charge in [0.2, 0.25) is 0 Å². The Hall–Kier alpha value is -0.350. The first-order valence-electron chi connectivity index (χ1n) is 5.50. The summed E-state index contributed by atoms with van der Waals surface area (Å²) in [5.41, 5.74) is 2.80. The van der Waals surface area contributed by atoms with Crippen LogP contribution in [0.3, 0.4) is 0 Å². The van der Waals surface area contributed by atoms with Crippen molar-refractivity contribution in [1.29, 1.82) is 0 Å². The predicted molar refractivity (Wildman–Crippen MR) is 64.8 cm³/mol. The van der Waals surface area contributed by atoms with Crippen LogP contribution in [0, 0.1) is 5.92 Å². The molecule has 15 heavy (non-hydrogen) atoms. The summed E-state index contributed by atoms with van der Waals surface area (Å²) in [6, 6.07) is 0. The van der Waals surface area contributed by atoms with Crippen molar-refractivity contribution in [3.05, 3.63) is 15.9 Å². The van der Waals surface area contributed by atoms with Crippen LogP contribution >= 0.6 is 15.9 Å². The highest BCUT2D eigenvalue weighted by atomic mass is 79.9. The fourth-order valence-corrected chi connectivity index (χ4v) is 2.68. The highest BCUT2D eigenvalue weighted by Crippen LogP contribution is 2.25. The van der Waals surface area contributed by atoms with Crippen molar-refractivity contribution in [2.45, 2.75) is 33.4 Å². The fourth-order valence-electron chi connectivity index (χ4n) is 2.06. The Kier molecular flexibility index (Phi) is 3.16. The number of aromatic nitrogens is 2. The van der Waals surface area contributed by atoms with E-state index in [9.17, 15) is 0 Å². The van der Waals surface area contributed by atoms with Gasteiger partial charge in [0.25, 0.3) is 0 Å². The standard InChI is InChI=1S/C11H18BrN3/c1-8(2)6-15-10-7-14(3)5-4-9(10)11(12)13-15/h8H,4-7H2,1-3H3. The molecular weight excluding hydrogens is 254 g/mol. The second kappa shape index (κ2) is 4.26. The van der Waals surface area contributed by atoms with Gasteiger partial charge in [-0.3, -0.25) is 4.68 Å². The number of hydrogen-bond acceptors (Lipinski definition) is 2. The average molecular weight is 272 g/mol.